The van der Waals surface area contributed by atoms with Crippen molar-refractivity contribution in [3.63, 3.8) is 0 Å². The van der Waals surface area contributed by atoms with E-state index in [1.165, 1.54) is 23.4 Å². The molecule has 27 heavy (non-hydrogen) atoms. The molecule has 5 heteroatoms. The van der Waals surface area contributed by atoms with Gasteiger partial charge < -0.3 is 20.4 Å². The monoisotopic (exact) mass is 366 g/mol. The summed E-state index contributed by atoms with van der Waals surface area (Å²) in [6, 6.07) is 16.7. The number of amides is 2. The summed E-state index contributed by atoms with van der Waals surface area (Å²) in [5.74, 6) is 0.848. The van der Waals surface area contributed by atoms with Crippen LogP contribution in [-0.2, 0) is 6.54 Å². The lowest BCUT2D eigenvalue weighted by molar-refractivity contribution is 0.217. The molecule has 0 unspecified atom stereocenters. The van der Waals surface area contributed by atoms with Crippen LogP contribution in [0.25, 0.3) is 0 Å². The molecular formula is C22H30N4O. The Kier molecular flexibility index (Phi) is 6.22. The minimum Gasteiger partial charge on any atom is -0.372 e. The summed E-state index contributed by atoms with van der Waals surface area (Å²) in [5.41, 5.74) is 4.50. The van der Waals surface area contributed by atoms with Crippen LogP contribution in [0.3, 0.4) is 0 Å². The van der Waals surface area contributed by atoms with Gasteiger partial charge in [-0.25, -0.2) is 4.79 Å². The van der Waals surface area contributed by atoms with Crippen molar-refractivity contribution in [2.24, 2.45) is 5.92 Å². The van der Waals surface area contributed by atoms with Crippen LogP contribution in [0.15, 0.2) is 48.5 Å². The van der Waals surface area contributed by atoms with Gasteiger partial charge in [0.05, 0.1) is 0 Å². The van der Waals surface area contributed by atoms with Crippen molar-refractivity contribution in [3.8, 4) is 0 Å². The van der Waals surface area contributed by atoms with Crippen molar-refractivity contribution in [1.82, 2.24) is 10.2 Å². The molecule has 1 aliphatic rings. The second-order valence-corrected chi connectivity index (χ2v) is 7.59. The first-order valence-corrected chi connectivity index (χ1v) is 9.67. The van der Waals surface area contributed by atoms with E-state index in [1.54, 1.807) is 14.1 Å². The Morgan fingerprint density at radius 1 is 1.00 bits per heavy atom. The van der Waals surface area contributed by atoms with E-state index in [9.17, 15) is 4.79 Å². The molecule has 2 aromatic rings. The van der Waals surface area contributed by atoms with Crippen molar-refractivity contribution in [1.29, 1.82) is 0 Å². The summed E-state index contributed by atoms with van der Waals surface area (Å²) in [4.78, 5) is 15.6. The van der Waals surface area contributed by atoms with Crippen LogP contribution in [0.5, 0.6) is 0 Å². The average molecular weight is 367 g/mol. The maximum Gasteiger partial charge on any atom is 0.317 e. The highest BCUT2D eigenvalue weighted by atomic mass is 16.2. The lowest BCUT2D eigenvalue weighted by Gasteiger charge is -2.32. The summed E-state index contributed by atoms with van der Waals surface area (Å²) in [5, 5.41) is 6.31. The summed E-state index contributed by atoms with van der Waals surface area (Å²) < 4.78 is 0. The summed E-state index contributed by atoms with van der Waals surface area (Å²) >= 11 is 0. The third kappa shape index (κ3) is 5.39. The quantitative estimate of drug-likeness (QED) is 0.822. The van der Waals surface area contributed by atoms with Crippen LogP contribution in [0, 0.1) is 5.92 Å². The highest BCUT2D eigenvalue weighted by molar-refractivity contribution is 5.73. The number of nitrogens with one attached hydrogen (secondary N) is 2. The molecule has 2 N–H and O–H groups in total. The van der Waals surface area contributed by atoms with Gasteiger partial charge in [0, 0.05) is 50.8 Å². The maximum atomic E-state index is 11.6. The molecule has 144 valence electrons. The Balaban J connectivity index is 1.53. The van der Waals surface area contributed by atoms with Crippen molar-refractivity contribution in [2.45, 2.75) is 26.3 Å². The van der Waals surface area contributed by atoms with E-state index in [2.05, 4.69) is 46.7 Å². The molecule has 1 heterocycles. The number of anilines is 3. The maximum absolute atomic E-state index is 11.6. The highest BCUT2D eigenvalue weighted by Gasteiger charge is 2.15. The predicted octanol–water partition coefficient (Wildman–Crippen LogP) is 4.44. The fourth-order valence-electron chi connectivity index (χ4n) is 3.23. The SMILES string of the molecule is CC1CCN(c2ccc(Nc3ccc(CNC(=O)N(C)C)cc3)cc2)CC1. The standard InChI is InChI=1S/C22H30N4O/c1-17-12-14-26(15-13-17)21-10-8-20(9-11-21)24-19-6-4-18(5-7-19)16-23-22(27)25(2)3/h4-11,17,24H,12-16H2,1-3H3,(H,23,27). The molecule has 2 amide bonds. The molecule has 0 saturated carbocycles. The smallest absolute Gasteiger partial charge is 0.317 e. The fourth-order valence-corrected chi connectivity index (χ4v) is 3.23. The third-order valence-electron chi connectivity index (χ3n) is 5.11. The van der Waals surface area contributed by atoms with Gasteiger partial charge in [0.25, 0.3) is 0 Å². The lowest BCUT2D eigenvalue weighted by Crippen LogP contribution is -2.33. The molecule has 0 aliphatic carbocycles. The Hall–Kier alpha value is -2.69. The zero-order valence-electron chi connectivity index (χ0n) is 16.5. The molecule has 1 saturated heterocycles. The molecule has 3 rings (SSSR count). The van der Waals surface area contributed by atoms with E-state index < -0.39 is 0 Å². The van der Waals surface area contributed by atoms with Crippen molar-refractivity contribution >= 4 is 23.1 Å². The molecule has 0 atom stereocenters. The van der Waals surface area contributed by atoms with E-state index in [1.807, 2.05) is 24.3 Å². The van der Waals surface area contributed by atoms with Crippen LogP contribution < -0.4 is 15.5 Å². The Morgan fingerprint density at radius 3 is 2.11 bits per heavy atom. The largest absolute Gasteiger partial charge is 0.372 e. The minimum atomic E-state index is -0.0829. The van der Waals surface area contributed by atoms with Crippen LogP contribution in [0.1, 0.15) is 25.3 Å². The fraction of sp³-hybridized carbons (Fsp3) is 0.409. The second kappa shape index (κ2) is 8.80. The van der Waals surface area contributed by atoms with Crippen LogP contribution in [0.4, 0.5) is 21.9 Å². The van der Waals surface area contributed by atoms with Gasteiger partial charge in [-0.05, 0) is 60.7 Å². The molecular weight excluding hydrogens is 336 g/mol. The molecule has 1 fully saturated rings. The number of hydrogen-bond donors (Lipinski definition) is 2. The predicted molar refractivity (Wildman–Crippen MR) is 113 cm³/mol. The minimum absolute atomic E-state index is 0.0829. The van der Waals surface area contributed by atoms with E-state index >= 15 is 0 Å². The van der Waals surface area contributed by atoms with E-state index in [4.69, 9.17) is 0 Å². The summed E-state index contributed by atoms with van der Waals surface area (Å²) in [7, 11) is 3.47. The van der Waals surface area contributed by atoms with E-state index in [-0.39, 0.29) is 6.03 Å². The molecule has 2 aromatic carbocycles. The topological polar surface area (TPSA) is 47.6 Å². The van der Waals surface area contributed by atoms with Gasteiger partial charge in [0.2, 0.25) is 0 Å². The lowest BCUT2D eigenvalue weighted by atomic mass is 9.99. The van der Waals surface area contributed by atoms with Crippen molar-refractivity contribution < 1.29 is 4.79 Å². The number of urea groups is 1. The number of nitrogens with zero attached hydrogens (tertiary/aromatic N) is 2. The van der Waals surface area contributed by atoms with Crippen LogP contribution in [0.2, 0.25) is 0 Å². The Morgan fingerprint density at radius 2 is 1.56 bits per heavy atom. The zero-order chi connectivity index (χ0) is 19.2. The number of carbonyl (C=O) groups excluding carboxylic acids is 1. The van der Waals surface area contributed by atoms with Gasteiger partial charge in [0.15, 0.2) is 0 Å². The van der Waals surface area contributed by atoms with Gasteiger partial charge in [-0.15, -0.1) is 0 Å². The number of hydrogen-bond acceptors (Lipinski definition) is 3. The molecule has 5 nitrogen and oxygen atoms in total. The van der Waals surface area contributed by atoms with Crippen LogP contribution >= 0.6 is 0 Å². The third-order valence-corrected chi connectivity index (χ3v) is 5.11. The Labute approximate surface area is 162 Å². The van der Waals surface area contributed by atoms with E-state index in [0.29, 0.717) is 6.54 Å². The Bertz CT molecular complexity index is 732. The molecule has 0 spiro atoms. The first kappa shape index (κ1) is 19.1. The van der Waals surface area contributed by atoms with Gasteiger partial charge in [-0.2, -0.15) is 0 Å². The van der Waals surface area contributed by atoms with Gasteiger partial charge in [0.1, 0.15) is 0 Å². The van der Waals surface area contributed by atoms with Crippen LogP contribution in [-0.4, -0.2) is 38.1 Å². The summed E-state index contributed by atoms with van der Waals surface area (Å²) in [6.07, 6.45) is 2.56. The molecule has 0 radical (unpaired) electrons. The van der Waals surface area contributed by atoms with Crippen molar-refractivity contribution in [2.75, 3.05) is 37.4 Å². The van der Waals surface area contributed by atoms with Gasteiger partial charge in [-0.3, -0.25) is 0 Å². The van der Waals surface area contributed by atoms with Gasteiger partial charge >= 0.3 is 6.03 Å². The average Bonchev–Trinajstić information content (AvgIpc) is 2.68. The number of rotatable bonds is 5. The normalized spacial score (nSPS) is 14.7. The van der Waals surface area contributed by atoms with Gasteiger partial charge in [-0.1, -0.05) is 19.1 Å². The molecule has 0 bridgehead atoms. The zero-order valence-corrected chi connectivity index (χ0v) is 16.5. The number of benzene rings is 2. The first-order valence-electron chi connectivity index (χ1n) is 9.67. The molecule has 0 aromatic heterocycles. The van der Waals surface area contributed by atoms with Crippen molar-refractivity contribution in [3.05, 3.63) is 54.1 Å². The second-order valence-electron chi connectivity index (χ2n) is 7.59. The highest BCUT2D eigenvalue weighted by Crippen LogP contribution is 2.25. The number of carbonyl (C=O) groups is 1. The van der Waals surface area contributed by atoms with E-state index in [0.717, 1.165) is 35.9 Å². The summed E-state index contributed by atoms with van der Waals surface area (Å²) in [6.45, 7) is 5.17. The molecule has 1 aliphatic heterocycles. The number of piperidine rings is 1. The first-order chi connectivity index (χ1) is 13.0.